The number of ketones is 1. The molecule has 2 heterocycles. The number of nitrogens with zero attached hydrogens (tertiary/aromatic N) is 3. The van der Waals surface area contributed by atoms with Crippen molar-refractivity contribution in [2.75, 3.05) is 32.7 Å². The number of hydrogen-bond acceptors (Lipinski definition) is 15. The molecule has 0 aliphatic carbocycles. The number of Topliss-reactive ketones (excluding diaryl/α,β-unsaturated/α-hetero) is 1. The van der Waals surface area contributed by atoms with Crippen molar-refractivity contribution in [2.45, 2.75) is 134 Å². The highest BCUT2D eigenvalue weighted by molar-refractivity contribution is 8.01. The lowest BCUT2D eigenvalue weighted by Crippen LogP contribution is -2.70. The minimum atomic E-state index is -1.26. The van der Waals surface area contributed by atoms with E-state index in [1.54, 1.807) is 56.3 Å². The molecular formula is C55H69N7O15S. The number of carbonyl (C=O) groups excluding carboxylic acids is 10. The van der Waals surface area contributed by atoms with Crippen LogP contribution in [0.25, 0.3) is 0 Å². The number of amides is 7. The summed E-state index contributed by atoms with van der Waals surface area (Å²) < 4.78 is 9.51. The molecule has 1 unspecified atom stereocenters. The number of β-lactam (4-membered cyclic amide) rings is 1. The molecule has 78 heavy (non-hydrogen) atoms. The summed E-state index contributed by atoms with van der Waals surface area (Å²) in [5, 5.41) is 30.9. The molecule has 3 aromatic rings. The number of carbonyl (C=O) groups is 11. The number of para-hydroxylation sites is 1. The van der Waals surface area contributed by atoms with Crippen LogP contribution in [0, 0.1) is 13.8 Å². The number of benzene rings is 3. The minimum absolute atomic E-state index is 0.0330. The highest BCUT2D eigenvalue weighted by atomic mass is 32.2. The van der Waals surface area contributed by atoms with Gasteiger partial charge in [0.25, 0.3) is 11.8 Å². The van der Waals surface area contributed by atoms with Crippen LogP contribution < -0.4 is 30.7 Å². The van der Waals surface area contributed by atoms with E-state index in [4.69, 9.17) is 9.47 Å². The van der Waals surface area contributed by atoms with Gasteiger partial charge in [0.15, 0.2) is 17.3 Å². The van der Waals surface area contributed by atoms with Crippen LogP contribution in [-0.4, -0.2) is 151 Å². The Hall–Kier alpha value is -7.66. The standard InChI is InChI=1S/C55H69N7O15S/c1-32-17-13-20-38(33(32)2)49(69)56-26-11-12-28-60(29-16-27-57-50(70)39-21-14-23-43(76-35(4)64)47(39)77-36(5)65)45(68)25-24-44(67)58-41(22-15-30-61(75)34(3)63)42(66)31-40(37-18-9-8-10-19-37)51(71)59-46-52(72)62-48(54(73)74)55(6,7)78-53(46)62/h8-10,13-14,17-21,23,40-41,46,48,53,75H,11-12,15-16,22,24-31H2,1-7H3,(H,56,69)(H,57,70)(H,58,67)(H,59,71)(H,73,74)/t40-,41+,46-,48+,53?/m1/s1. The normalized spacial score (nSPS) is 16.7. The number of rotatable bonds is 28. The zero-order valence-electron chi connectivity index (χ0n) is 44.9. The molecule has 3 aromatic carbocycles. The molecule has 0 radical (unpaired) electrons. The highest BCUT2D eigenvalue weighted by Crippen LogP contribution is 2.51. The third-order valence-corrected chi connectivity index (χ3v) is 14.9. The van der Waals surface area contributed by atoms with Crippen molar-refractivity contribution in [3.05, 3.63) is 94.5 Å². The van der Waals surface area contributed by atoms with Gasteiger partial charge in [0.2, 0.25) is 29.5 Å². The van der Waals surface area contributed by atoms with Gasteiger partial charge in [-0.05, 0) is 94.7 Å². The Labute approximate surface area is 456 Å². The Morgan fingerprint density at radius 3 is 2.04 bits per heavy atom. The Morgan fingerprint density at radius 1 is 0.756 bits per heavy atom. The number of nitrogens with one attached hydrogen (secondary N) is 4. The van der Waals surface area contributed by atoms with Crippen molar-refractivity contribution in [1.82, 2.24) is 36.1 Å². The number of carboxylic acid groups (broad SMARTS) is 1. The van der Waals surface area contributed by atoms with Gasteiger partial charge in [-0.3, -0.25) is 53.2 Å². The molecule has 5 rings (SSSR count). The van der Waals surface area contributed by atoms with Crippen molar-refractivity contribution in [1.29, 1.82) is 0 Å². The predicted molar refractivity (Wildman–Crippen MR) is 284 cm³/mol. The maximum absolute atomic E-state index is 14.3. The largest absolute Gasteiger partial charge is 0.480 e. The van der Waals surface area contributed by atoms with Crippen LogP contribution in [0.1, 0.15) is 129 Å². The summed E-state index contributed by atoms with van der Waals surface area (Å²) in [6, 6.07) is 14.5. The van der Waals surface area contributed by atoms with E-state index < -0.39 is 99.7 Å². The lowest BCUT2D eigenvalue weighted by molar-refractivity contribution is -0.163. The monoisotopic (exact) mass is 1100 g/mol. The van der Waals surface area contributed by atoms with Crippen LogP contribution >= 0.6 is 11.8 Å². The molecule has 2 aliphatic heterocycles. The Balaban J connectivity index is 1.26. The molecular weight excluding hydrogens is 1030 g/mol. The number of unbranched alkanes of at least 4 members (excludes halogenated alkanes) is 1. The van der Waals surface area contributed by atoms with Crippen molar-refractivity contribution >= 4 is 76.8 Å². The van der Waals surface area contributed by atoms with Gasteiger partial charge in [0.05, 0.1) is 17.5 Å². The molecule has 0 saturated carbocycles. The zero-order chi connectivity index (χ0) is 57.4. The summed E-state index contributed by atoms with van der Waals surface area (Å²) in [4.78, 5) is 146. The summed E-state index contributed by atoms with van der Waals surface area (Å²) in [5.41, 5.74) is 2.71. The number of aryl methyl sites for hydroxylation is 1. The fourth-order valence-corrected chi connectivity index (χ4v) is 10.8. The number of ether oxygens (including phenoxy) is 2. The first kappa shape index (κ1) is 61.2. The fraction of sp³-hybridized carbons (Fsp3) is 0.473. The molecule has 420 valence electrons. The quantitative estimate of drug-likeness (QED) is 0.0150. The summed E-state index contributed by atoms with van der Waals surface area (Å²) in [7, 11) is 0. The van der Waals surface area contributed by atoms with Crippen molar-refractivity contribution in [3.63, 3.8) is 0 Å². The van der Waals surface area contributed by atoms with Gasteiger partial charge in [0.1, 0.15) is 17.5 Å². The first-order valence-electron chi connectivity index (χ1n) is 25.7. The van der Waals surface area contributed by atoms with E-state index in [0.717, 1.165) is 31.9 Å². The van der Waals surface area contributed by atoms with Crippen molar-refractivity contribution in [3.8, 4) is 11.5 Å². The van der Waals surface area contributed by atoms with E-state index in [9.17, 15) is 63.1 Å². The zero-order valence-corrected chi connectivity index (χ0v) is 45.7. The maximum Gasteiger partial charge on any atom is 0.327 e. The van der Waals surface area contributed by atoms with Gasteiger partial charge in [-0.1, -0.05) is 48.5 Å². The fourth-order valence-electron chi connectivity index (χ4n) is 9.18. The number of thioether (sulfide) groups is 1. The molecule has 7 amide bonds. The lowest BCUT2D eigenvalue weighted by atomic mass is 9.88. The second-order valence-electron chi connectivity index (χ2n) is 19.6. The first-order valence-corrected chi connectivity index (χ1v) is 26.6. The SMILES string of the molecule is CC(=O)Oc1cccc(C(=O)NCCCN(CCCCNC(=O)c2cccc(C)c2C)C(=O)CCC(=O)N[C@@H](CCCN(O)C(C)=O)C(=O)C[C@@H](C(=O)N[C@@H]2C(=O)N3C2SC(C)(C)[C@@H]3C(=O)O)c2ccccc2)c1OC(C)=O. The van der Waals surface area contributed by atoms with Crippen LogP contribution in [0.5, 0.6) is 11.5 Å². The van der Waals surface area contributed by atoms with Crippen LogP contribution in [0.4, 0.5) is 0 Å². The van der Waals surface area contributed by atoms with E-state index in [0.29, 0.717) is 35.6 Å². The molecule has 0 spiro atoms. The summed E-state index contributed by atoms with van der Waals surface area (Å²) in [6.45, 7) is 11.1. The van der Waals surface area contributed by atoms with Crippen molar-refractivity contribution in [2.24, 2.45) is 0 Å². The molecule has 0 bridgehead atoms. The molecule has 5 atom stereocenters. The van der Waals surface area contributed by atoms with E-state index in [1.165, 1.54) is 39.8 Å². The van der Waals surface area contributed by atoms with E-state index in [-0.39, 0.29) is 81.3 Å². The molecule has 0 aromatic heterocycles. The van der Waals surface area contributed by atoms with Gasteiger partial charge in [-0.25, -0.2) is 9.86 Å². The second kappa shape index (κ2) is 28.1. The van der Waals surface area contributed by atoms with Crippen LogP contribution in [-0.2, 0) is 43.2 Å². The van der Waals surface area contributed by atoms with Gasteiger partial charge in [-0.15, -0.1) is 11.8 Å². The predicted octanol–water partition coefficient (Wildman–Crippen LogP) is 3.97. The molecule has 23 heteroatoms. The first-order chi connectivity index (χ1) is 36.9. The lowest BCUT2D eigenvalue weighted by Gasteiger charge is -2.44. The average molecular weight is 1100 g/mol. The van der Waals surface area contributed by atoms with Crippen LogP contribution in [0.15, 0.2) is 66.7 Å². The molecule has 2 fully saturated rings. The number of hydrogen-bond donors (Lipinski definition) is 6. The third kappa shape index (κ3) is 16.4. The number of carboxylic acids is 1. The van der Waals surface area contributed by atoms with Crippen molar-refractivity contribution < 1.29 is 72.5 Å². The van der Waals surface area contributed by atoms with Gasteiger partial charge in [-0.2, -0.15) is 0 Å². The topological polar surface area (TPSA) is 305 Å². The highest BCUT2D eigenvalue weighted by Gasteiger charge is 2.64. The molecule has 2 aliphatic rings. The molecule has 22 nitrogen and oxygen atoms in total. The third-order valence-electron chi connectivity index (χ3n) is 13.4. The van der Waals surface area contributed by atoms with Crippen LogP contribution in [0.2, 0.25) is 0 Å². The minimum Gasteiger partial charge on any atom is -0.480 e. The molecule has 2 saturated heterocycles. The van der Waals surface area contributed by atoms with Crippen LogP contribution in [0.3, 0.4) is 0 Å². The van der Waals surface area contributed by atoms with E-state index in [1.807, 2.05) is 19.9 Å². The number of hydroxylamine groups is 2. The van der Waals surface area contributed by atoms with Gasteiger partial charge in [0, 0.05) is 83.1 Å². The van der Waals surface area contributed by atoms with Gasteiger partial charge >= 0.3 is 17.9 Å². The summed E-state index contributed by atoms with van der Waals surface area (Å²) in [5.74, 6) is -8.72. The number of aliphatic carboxylic acids is 1. The van der Waals surface area contributed by atoms with Gasteiger partial charge < -0.3 is 45.6 Å². The number of fused-ring (bicyclic) bond motifs is 1. The van der Waals surface area contributed by atoms with E-state index >= 15 is 0 Å². The number of esters is 2. The summed E-state index contributed by atoms with van der Waals surface area (Å²) in [6.07, 6.45) is -0.0528. The Kier molecular flexibility index (Phi) is 22.1. The maximum atomic E-state index is 14.3. The summed E-state index contributed by atoms with van der Waals surface area (Å²) >= 11 is 1.24. The average Bonchev–Trinajstić information content (AvgIpc) is 3.86. The Morgan fingerprint density at radius 2 is 1.38 bits per heavy atom. The second-order valence-corrected chi connectivity index (χ2v) is 21.4. The molecule has 6 N–H and O–H groups in total. The Bertz CT molecular complexity index is 2750. The van der Waals surface area contributed by atoms with E-state index in [2.05, 4.69) is 21.3 Å². The smallest absolute Gasteiger partial charge is 0.327 e.